The molecule has 3 rings (SSSR count). The number of carboxylic acids is 1. The van der Waals surface area contributed by atoms with Crippen molar-refractivity contribution in [3.05, 3.63) is 58.9 Å². The lowest BCUT2D eigenvalue weighted by atomic mass is 10.1. The van der Waals surface area contributed by atoms with Crippen molar-refractivity contribution in [2.75, 3.05) is 11.4 Å². The summed E-state index contributed by atoms with van der Waals surface area (Å²) >= 11 is 0. The molecule has 0 saturated carbocycles. The molecule has 1 aliphatic heterocycles. The van der Waals surface area contributed by atoms with Crippen LogP contribution in [0.5, 0.6) is 0 Å². The Morgan fingerprint density at radius 1 is 1.35 bits per heavy atom. The highest BCUT2D eigenvalue weighted by Crippen LogP contribution is 2.30. The van der Waals surface area contributed by atoms with Gasteiger partial charge in [0.1, 0.15) is 0 Å². The van der Waals surface area contributed by atoms with Gasteiger partial charge in [-0.15, -0.1) is 0 Å². The van der Waals surface area contributed by atoms with Gasteiger partial charge in [0.25, 0.3) is 0 Å². The van der Waals surface area contributed by atoms with Crippen LogP contribution < -0.4 is 4.90 Å². The number of hydrogen-bond acceptors (Lipinski definition) is 3. The standard InChI is InChI=1S/C16H16N2O2/c1-11-6-12(9-17-8-11)10-18-5-4-13-7-14(16(19)20)2-3-15(13)18/h2-3,6-9H,4-5,10H2,1H3,(H,19,20). The molecule has 0 aliphatic carbocycles. The van der Waals surface area contributed by atoms with Gasteiger partial charge in [-0.05, 0) is 48.2 Å². The second kappa shape index (κ2) is 4.96. The highest BCUT2D eigenvalue weighted by atomic mass is 16.4. The van der Waals surface area contributed by atoms with Gasteiger partial charge in [-0.25, -0.2) is 4.79 Å². The Labute approximate surface area is 117 Å². The summed E-state index contributed by atoms with van der Waals surface area (Å²) in [4.78, 5) is 17.5. The van der Waals surface area contributed by atoms with E-state index in [9.17, 15) is 4.79 Å². The molecule has 2 aromatic rings. The highest BCUT2D eigenvalue weighted by Gasteiger charge is 2.20. The first kappa shape index (κ1) is 12.7. The van der Waals surface area contributed by atoms with Gasteiger partial charge in [-0.3, -0.25) is 4.98 Å². The van der Waals surface area contributed by atoms with Crippen molar-refractivity contribution in [1.29, 1.82) is 0 Å². The van der Waals surface area contributed by atoms with Crippen LogP contribution in [0.3, 0.4) is 0 Å². The smallest absolute Gasteiger partial charge is 0.335 e. The maximum Gasteiger partial charge on any atom is 0.335 e. The Balaban J connectivity index is 1.84. The van der Waals surface area contributed by atoms with Gasteiger partial charge in [0.15, 0.2) is 0 Å². The van der Waals surface area contributed by atoms with Crippen LogP contribution in [0.4, 0.5) is 5.69 Å². The number of hydrogen-bond donors (Lipinski definition) is 1. The normalized spacial score (nSPS) is 13.3. The minimum atomic E-state index is -0.867. The molecule has 102 valence electrons. The first-order chi connectivity index (χ1) is 9.63. The van der Waals surface area contributed by atoms with Gasteiger partial charge < -0.3 is 10.0 Å². The molecule has 4 nitrogen and oxygen atoms in total. The number of aromatic carboxylic acids is 1. The maximum absolute atomic E-state index is 11.0. The molecule has 0 radical (unpaired) electrons. The number of anilines is 1. The Hall–Kier alpha value is -2.36. The molecule has 4 heteroatoms. The number of nitrogens with zero attached hydrogens (tertiary/aromatic N) is 2. The van der Waals surface area contributed by atoms with Crippen molar-refractivity contribution in [2.24, 2.45) is 0 Å². The Morgan fingerprint density at radius 2 is 2.20 bits per heavy atom. The largest absolute Gasteiger partial charge is 0.478 e. The Morgan fingerprint density at radius 3 is 2.95 bits per heavy atom. The quantitative estimate of drug-likeness (QED) is 0.929. The van der Waals surface area contributed by atoms with E-state index in [1.807, 2.05) is 25.4 Å². The number of aromatic nitrogens is 1. The van der Waals surface area contributed by atoms with Crippen LogP contribution in [0, 0.1) is 6.92 Å². The zero-order valence-corrected chi connectivity index (χ0v) is 11.3. The lowest BCUT2D eigenvalue weighted by molar-refractivity contribution is 0.0697. The molecule has 0 spiro atoms. The van der Waals surface area contributed by atoms with Crippen molar-refractivity contribution in [1.82, 2.24) is 4.98 Å². The predicted octanol–water partition coefficient (Wildman–Crippen LogP) is 2.65. The summed E-state index contributed by atoms with van der Waals surface area (Å²) in [5.41, 5.74) is 4.95. The van der Waals surface area contributed by atoms with Gasteiger partial charge in [0.2, 0.25) is 0 Å². The summed E-state index contributed by atoms with van der Waals surface area (Å²) < 4.78 is 0. The molecule has 1 aliphatic rings. The first-order valence-electron chi connectivity index (χ1n) is 6.65. The lowest BCUT2D eigenvalue weighted by Gasteiger charge is -2.19. The van der Waals surface area contributed by atoms with Crippen LogP contribution in [0.1, 0.15) is 27.0 Å². The molecule has 1 N–H and O–H groups in total. The van der Waals surface area contributed by atoms with Crippen molar-refractivity contribution in [3.8, 4) is 0 Å². The topological polar surface area (TPSA) is 53.4 Å². The van der Waals surface area contributed by atoms with E-state index in [1.54, 1.807) is 12.1 Å². The average molecular weight is 268 g/mol. The monoisotopic (exact) mass is 268 g/mol. The summed E-state index contributed by atoms with van der Waals surface area (Å²) in [5.74, 6) is -0.867. The van der Waals surface area contributed by atoms with E-state index in [0.717, 1.165) is 36.3 Å². The van der Waals surface area contributed by atoms with Gasteiger partial charge in [-0.2, -0.15) is 0 Å². The third-order valence-electron chi connectivity index (χ3n) is 3.62. The highest BCUT2D eigenvalue weighted by molar-refractivity contribution is 5.88. The predicted molar refractivity (Wildman–Crippen MR) is 77.1 cm³/mol. The number of pyridine rings is 1. The van der Waals surface area contributed by atoms with Gasteiger partial charge in [-0.1, -0.05) is 6.07 Å². The van der Waals surface area contributed by atoms with Crippen LogP contribution >= 0.6 is 0 Å². The van der Waals surface area contributed by atoms with E-state index >= 15 is 0 Å². The molecular weight excluding hydrogens is 252 g/mol. The number of carboxylic acid groups (broad SMARTS) is 1. The van der Waals surface area contributed by atoms with Crippen molar-refractivity contribution < 1.29 is 9.90 Å². The van der Waals surface area contributed by atoms with Crippen molar-refractivity contribution in [2.45, 2.75) is 19.9 Å². The number of benzene rings is 1. The maximum atomic E-state index is 11.0. The van der Waals surface area contributed by atoms with Crippen LogP contribution in [-0.2, 0) is 13.0 Å². The number of aryl methyl sites for hydroxylation is 1. The van der Waals surface area contributed by atoms with Crippen LogP contribution in [0.2, 0.25) is 0 Å². The zero-order valence-electron chi connectivity index (χ0n) is 11.3. The lowest BCUT2D eigenvalue weighted by Crippen LogP contribution is -2.19. The number of carbonyl (C=O) groups is 1. The van der Waals surface area contributed by atoms with Gasteiger partial charge in [0, 0.05) is 31.2 Å². The minimum Gasteiger partial charge on any atom is -0.478 e. The molecule has 1 aromatic carbocycles. The molecular formula is C16H16N2O2. The fourth-order valence-electron chi connectivity index (χ4n) is 2.69. The molecule has 0 atom stereocenters. The van der Waals surface area contributed by atoms with Gasteiger partial charge in [0.05, 0.1) is 5.56 Å². The van der Waals surface area contributed by atoms with Crippen LogP contribution in [-0.4, -0.2) is 22.6 Å². The number of fused-ring (bicyclic) bond motifs is 1. The number of rotatable bonds is 3. The third-order valence-corrected chi connectivity index (χ3v) is 3.62. The van der Waals surface area contributed by atoms with E-state index in [0.29, 0.717) is 5.56 Å². The molecule has 0 saturated heterocycles. The average Bonchev–Trinajstić information content (AvgIpc) is 2.81. The molecule has 0 unspecified atom stereocenters. The van der Waals surface area contributed by atoms with Crippen molar-refractivity contribution >= 4 is 11.7 Å². The molecule has 2 heterocycles. The third kappa shape index (κ3) is 2.37. The van der Waals surface area contributed by atoms with E-state index in [-0.39, 0.29) is 0 Å². The summed E-state index contributed by atoms with van der Waals surface area (Å²) in [6.45, 7) is 3.77. The summed E-state index contributed by atoms with van der Waals surface area (Å²) in [6, 6.07) is 7.51. The van der Waals surface area contributed by atoms with E-state index in [4.69, 9.17) is 5.11 Å². The molecule has 0 fully saturated rings. The minimum absolute atomic E-state index is 0.364. The molecule has 0 amide bonds. The second-order valence-electron chi connectivity index (χ2n) is 5.19. The Bertz CT molecular complexity index is 667. The van der Waals surface area contributed by atoms with Crippen molar-refractivity contribution in [3.63, 3.8) is 0 Å². The van der Waals surface area contributed by atoms with E-state index in [2.05, 4.69) is 16.0 Å². The summed E-state index contributed by atoms with van der Waals surface area (Å²) in [7, 11) is 0. The van der Waals surface area contributed by atoms with Crippen LogP contribution in [0.15, 0.2) is 36.7 Å². The molecule has 20 heavy (non-hydrogen) atoms. The zero-order chi connectivity index (χ0) is 14.1. The molecule has 0 bridgehead atoms. The first-order valence-corrected chi connectivity index (χ1v) is 6.65. The van der Waals surface area contributed by atoms with E-state index in [1.165, 1.54) is 5.56 Å². The fraction of sp³-hybridized carbons (Fsp3) is 0.250. The Kier molecular flexibility index (Phi) is 3.14. The van der Waals surface area contributed by atoms with Crippen LogP contribution in [0.25, 0.3) is 0 Å². The van der Waals surface area contributed by atoms with Gasteiger partial charge >= 0.3 is 5.97 Å². The fourth-order valence-corrected chi connectivity index (χ4v) is 2.69. The summed E-state index contributed by atoms with van der Waals surface area (Å²) in [5, 5.41) is 9.03. The van der Waals surface area contributed by atoms with E-state index < -0.39 is 5.97 Å². The summed E-state index contributed by atoms with van der Waals surface area (Å²) in [6.07, 6.45) is 4.63. The SMILES string of the molecule is Cc1cncc(CN2CCc3cc(C(=O)O)ccc32)c1. The molecule has 1 aromatic heterocycles. The second-order valence-corrected chi connectivity index (χ2v) is 5.19.